The van der Waals surface area contributed by atoms with Gasteiger partial charge in [-0.3, -0.25) is 9.88 Å². The summed E-state index contributed by atoms with van der Waals surface area (Å²) >= 11 is 0. The number of nitrogens with one attached hydrogen (secondary N) is 1. The number of hydrogen-bond donors (Lipinski definition) is 1. The number of carbonyl (C=O) groups is 1. The molecule has 11 heteroatoms. The maximum atomic E-state index is 13.7. The van der Waals surface area contributed by atoms with Crippen LogP contribution >= 0.6 is 0 Å². The molecule has 1 aliphatic rings. The third-order valence-corrected chi connectivity index (χ3v) is 7.71. The molecule has 11 nitrogen and oxygen atoms in total. The summed E-state index contributed by atoms with van der Waals surface area (Å²) in [6.45, 7) is 17.1. The van der Waals surface area contributed by atoms with Crippen LogP contribution in [0.2, 0.25) is 0 Å². The predicted octanol–water partition coefficient (Wildman–Crippen LogP) is 7.08. The van der Waals surface area contributed by atoms with Crippen LogP contribution in [0.3, 0.4) is 0 Å². The summed E-state index contributed by atoms with van der Waals surface area (Å²) in [6, 6.07) is 16.2. The lowest BCUT2D eigenvalue weighted by atomic mass is 9.90. The molecule has 1 N–H and O–H groups in total. The number of benzene rings is 1. The van der Waals surface area contributed by atoms with Crippen molar-refractivity contribution < 1.29 is 18.8 Å². The minimum absolute atomic E-state index is 0.266. The van der Waals surface area contributed by atoms with Crippen LogP contribution < -0.4 is 10.2 Å². The number of carbonyl (C=O) groups excluding carboxylic acids is 1. The molecule has 0 aliphatic carbocycles. The average Bonchev–Trinajstić information content (AvgIpc) is 3.72. The molecule has 1 fully saturated rings. The van der Waals surface area contributed by atoms with Crippen molar-refractivity contribution >= 4 is 11.9 Å². The van der Waals surface area contributed by atoms with Gasteiger partial charge in [0.1, 0.15) is 11.3 Å². The first kappa shape index (κ1) is 33.7. The molecule has 1 atom stereocenters. The van der Waals surface area contributed by atoms with E-state index < -0.39 is 22.6 Å². The van der Waals surface area contributed by atoms with Crippen LogP contribution in [0, 0.1) is 11.3 Å². The zero-order valence-corrected chi connectivity index (χ0v) is 28.4. The van der Waals surface area contributed by atoms with Crippen molar-refractivity contribution in [1.29, 1.82) is 5.26 Å². The van der Waals surface area contributed by atoms with E-state index in [1.165, 1.54) is 4.90 Å². The summed E-state index contributed by atoms with van der Waals surface area (Å²) in [7, 11) is 0. The molecule has 1 amide bonds. The third kappa shape index (κ3) is 8.02. The van der Waals surface area contributed by atoms with E-state index in [0.29, 0.717) is 40.1 Å². The van der Waals surface area contributed by atoms with Gasteiger partial charge in [0, 0.05) is 48.1 Å². The number of amides is 1. The second-order valence-corrected chi connectivity index (χ2v) is 14.3. The molecule has 1 aromatic carbocycles. The van der Waals surface area contributed by atoms with E-state index in [1.807, 2.05) is 79.7 Å². The summed E-state index contributed by atoms with van der Waals surface area (Å²) in [5, 5.41) is 17.6. The van der Waals surface area contributed by atoms with E-state index in [2.05, 4.69) is 33.7 Å². The number of nitriles is 1. The first-order valence-corrected chi connectivity index (χ1v) is 15.8. The second-order valence-electron chi connectivity index (χ2n) is 14.3. The van der Waals surface area contributed by atoms with E-state index in [0.717, 1.165) is 37.3 Å². The molecule has 0 radical (unpaired) electrons. The van der Waals surface area contributed by atoms with Crippen molar-refractivity contribution in [2.45, 2.75) is 91.0 Å². The SMILES string of the molecule is CC(C)(C)OC(=O)N(c1ncc(-c2ccnc(C(C)(C)C#N)c2)nc1-c1cc(-c2ccc(CN[C@H]3CCOC3)cc2)no1)C(C)(C)C. The third-order valence-electron chi connectivity index (χ3n) is 7.71. The van der Waals surface area contributed by atoms with Crippen LogP contribution in [0.25, 0.3) is 34.0 Å². The van der Waals surface area contributed by atoms with Gasteiger partial charge in [0.15, 0.2) is 17.3 Å². The number of hydrogen-bond acceptors (Lipinski definition) is 10. The molecule has 5 rings (SSSR count). The van der Waals surface area contributed by atoms with Crippen molar-refractivity contribution in [2.24, 2.45) is 0 Å². The fourth-order valence-corrected chi connectivity index (χ4v) is 5.10. The number of ether oxygens (including phenoxy) is 2. The summed E-state index contributed by atoms with van der Waals surface area (Å²) in [5.74, 6) is 0.600. The molecule has 0 saturated carbocycles. The normalized spacial score (nSPS) is 15.3. The minimum atomic E-state index is -0.803. The lowest BCUT2D eigenvalue weighted by Crippen LogP contribution is -2.49. The summed E-state index contributed by atoms with van der Waals surface area (Å²) < 4.78 is 17.2. The molecule has 1 aliphatic heterocycles. The van der Waals surface area contributed by atoms with E-state index in [9.17, 15) is 10.1 Å². The van der Waals surface area contributed by atoms with Crippen LogP contribution in [0.1, 0.15) is 73.1 Å². The Labute approximate surface area is 276 Å². The Balaban J connectivity index is 1.55. The van der Waals surface area contributed by atoms with Crippen LogP contribution in [0.4, 0.5) is 10.6 Å². The van der Waals surface area contributed by atoms with Gasteiger partial charge in [0.25, 0.3) is 0 Å². The Kier molecular flexibility index (Phi) is 9.48. The quantitative estimate of drug-likeness (QED) is 0.213. The van der Waals surface area contributed by atoms with Gasteiger partial charge in [-0.2, -0.15) is 5.26 Å². The number of aromatic nitrogens is 4. The smallest absolute Gasteiger partial charge is 0.416 e. The molecular formula is C36H43N7O4. The van der Waals surface area contributed by atoms with Gasteiger partial charge < -0.3 is 19.3 Å². The van der Waals surface area contributed by atoms with Gasteiger partial charge in [-0.15, -0.1) is 0 Å². The fourth-order valence-electron chi connectivity index (χ4n) is 5.10. The summed E-state index contributed by atoms with van der Waals surface area (Å²) in [5.41, 5.74) is 2.52. The number of anilines is 1. The largest absolute Gasteiger partial charge is 0.443 e. The van der Waals surface area contributed by atoms with Crippen LogP contribution in [-0.4, -0.2) is 56.6 Å². The Morgan fingerprint density at radius 1 is 1.02 bits per heavy atom. The molecule has 4 aromatic rings. The van der Waals surface area contributed by atoms with Crippen LogP contribution in [-0.2, 0) is 21.4 Å². The highest BCUT2D eigenvalue weighted by atomic mass is 16.6. The van der Waals surface area contributed by atoms with E-state index in [4.69, 9.17) is 24.0 Å². The zero-order valence-electron chi connectivity index (χ0n) is 28.4. The van der Waals surface area contributed by atoms with Crippen LogP contribution in [0.5, 0.6) is 0 Å². The lowest BCUT2D eigenvalue weighted by molar-refractivity contribution is 0.0549. The highest BCUT2D eigenvalue weighted by molar-refractivity contribution is 5.92. The Morgan fingerprint density at radius 3 is 2.40 bits per heavy atom. The zero-order chi connectivity index (χ0) is 34.0. The molecule has 3 aromatic heterocycles. The lowest BCUT2D eigenvalue weighted by Gasteiger charge is -2.36. The molecule has 0 bridgehead atoms. The Hall–Kier alpha value is -4.66. The predicted molar refractivity (Wildman–Crippen MR) is 179 cm³/mol. The molecule has 0 unspecified atom stereocenters. The van der Waals surface area contributed by atoms with E-state index >= 15 is 0 Å². The number of nitrogens with zero attached hydrogens (tertiary/aromatic N) is 6. The van der Waals surface area contributed by atoms with Gasteiger partial charge >= 0.3 is 6.09 Å². The minimum Gasteiger partial charge on any atom is -0.443 e. The number of rotatable bonds is 8. The number of pyridine rings is 1. The molecule has 1 saturated heterocycles. The van der Waals surface area contributed by atoms with Gasteiger partial charge in [0.05, 0.1) is 35.7 Å². The average molecular weight is 638 g/mol. The highest BCUT2D eigenvalue weighted by Gasteiger charge is 2.36. The highest BCUT2D eigenvalue weighted by Crippen LogP contribution is 2.36. The van der Waals surface area contributed by atoms with E-state index in [-0.39, 0.29) is 5.82 Å². The van der Waals surface area contributed by atoms with Crippen molar-refractivity contribution in [2.75, 3.05) is 18.1 Å². The Morgan fingerprint density at radius 2 is 1.77 bits per heavy atom. The van der Waals surface area contributed by atoms with Crippen LogP contribution in [0.15, 0.2) is 59.4 Å². The maximum Gasteiger partial charge on any atom is 0.416 e. The van der Waals surface area contributed by atoms with Gasteiger partial charge in [-0.1, -0.05) is 29.4 Å². The van der Waals surface area contributed by atoms with Gasteiger partial charge in [-0.25, -0.2) is 14.8 Å². The first-order chi connectivity index (χ1) is 22.1. The molecule has 47 heavy (non-hydrogen) atoms. The molecular weight excluding hydrogens is 594 g/mol. The topological polar surface area (TPSA) is 139 Å². The maximum absolute atomic E-state index is 13.7. The first-order valence-electron chi connectivity index (χ1n) is 15.8. The monoisotopic (exact) mass is 637 g/mol. The fraction of sp³-hybridized carbons (Fsp3) is 0.444. The second kappa shape index (κ2) is 13.2. The molecule has 0 spiro atoms. The van der Waals surface area contributed by atoms with Gasteiger partial charge in [0.2, 0.25) is 0 Å². The summed E-state index contributed by atoms with van der Waals surface area (Å²) in [4.78, 5) is 29.3. The van der Waals surface area contributed by atoms with Gasteiger partial charge in [-0.05, 0) is 79.5 Å². The molecule has 246 valence electrons. The molecule has 4 heterocycles. The van der Waals surface area contributed by atoms with Crippen molar-refractivity contribution in [3.05, 3.63) is 66.1 Å². The van der Waals surface area contributed by atoms with Crippen molar-refractivity contribution in [1.82, 2.24) is 25.4 Å². The standard InChI is InChI=1S/C36H43N7O4/c1-34(2,3)43(33(44)46-35(4,5)6)32-31(41-28(20-40-32)25-13-15-38-30(17-25)36(7,8)22-37)29-18-27(42-47-29)24-11-9-23(10-12-24)19-39-26-14-16-45-21-26/h9-13,15,17-18,20,26,39H,14,16,19,21H2,1-8H3/t26-/m0/s1. The Bertz CT molecular complexity index is 1760. The van der Waals surface area contributed by atoms with Crippen molar-refractivity contribution in [3.63, 3.8) is 0 Å². The van der Waals surface area contributed by atoms with Crippen molar-refractivity contribution in [3.8, 4) is 40.0 Å². The summed E-state index contributed by atoms with van der Waals surface area (Å²) in [6.07, 6.45) is 3.70. The van der Waals surface area contributed by atoms with E-state index in [1.54, 1.807) is 18.5 Å².